The first-order chi connectivity index (χ1) is 16.9. The van der Waals surface area contributed by atoms with Crippen LogP contribution in [0.15, 0.2) is 108 Å². The Morgan fingerprint density at radius 2 is 1.51 bits per heavy atom. The van der Waals surface area contributed by atoms with Gasteiger partial charge in [0.15, 0.2) is 11.6 Å². The maximum absolute atomic E-state index is 14.0. The molecule has 2 heterocycles. The summed E-state index contributed by atoms with van der Waals surface area (Å²) in [7, 11) is 0. The molecular formula is C28H24N2O4S. The predicted octanol–water partition coefficient (Wildman–Crippen LogP) is 4.94. The van der Waals surface area contributed by atoms with E-state index in [1.807, 2.05) is 91.0 Å². The van der Waals surface area contributed by atoms with Crippen LogP contribution < -0.4 is 4.74 Å². The summed E-state index contributed by atoms with van der Waals surface area (Å²) in [6, 6.07) is 27.6. The Balaban J connectivity index is 1.66. The van der Waals surface area contributed by atoms with Crippen LogP contribution in [0.2, 0.25) is 0 Å². The second-order valence-electron chi connectivity index (χ2n) is 8.64. The molecule has 2 aliphatic rings. The van der Waals surface area contributed by atoms with Gasteiger partial charge in [-0.25, -0.2) is 9.79 Å². The average molecular weight is 485 g/mol. The van der Waals surface area contributed by atoms with E-state index in [4.69, 9.17) is 9.73 Å². The minimum atomic E-state index is -1.25. The topological polar surface area (TPSA) is 79.2 Å². The van der Waals surface area contributed by atoms with Gasteiger partial charge in [-0.1, -0.05) is 85.4 Å². The van der Waals surface area contributed by atoms with E-state index < -0.39 is 28.8 Å². The van der Waals surface area contributed by atoms with Crippen LogP contribution in [0.25, 0.3) is 0 Å². The van der Waals surface area contributed by atoms with E-state index in [2.05, 4.69) is 6.58 Å². The zero-order chi connectivity index (χ0) is 24.6. The molecule has 0 radical (unpaired) electrons. The normalized spacial score (nSPS) is 21.7. The van der Waals surface area contributed by atoms with Gasteiger partial charge in [0.2, 0.25) is 0 Å². The molecule has 35 heavy (non-hydrogen) atoms. The number of amides is 1. The van der Waals surface area contributed by atoms with E-state index in [-0.39, 0.29) is 5.91 Å². The summed E-state index contributed by atoms with van der Waals surface area (Å²) in [5, 5.41) is 9.70. The number of benzene rings is 3. The highest BCUT2D eigenvalue weighted by atomic mass is 32.2. The van der Waals surface area contributed by atoms with E-state index in [1.54, 1.807) is 6.92 Å². The smallest absolute Gasteiger partial charge is 0.330 e. The fraction of sp³-hybridized carbons (Fsp3) is 0.179. The third kappa shape index (κ3) is 3.82. The molecule has 5 rings (SSSR count). The van der Waals surface area contributed by atoms with E-state index in [0.717, 1.165) is 11.1 Å². The van der Waals surface area contributed by atoms with Gasteiger partial charge in [0.25, 0.3) is 11.1 Å². The molecule has 176 valence electrons. The van der Waals surface area contributed by atoms with Crippen molar-refractivity contribution in [1.29, 1.82) is 0 Å². The van der Waals surface area contributed by atoms with Gasteiger partial charge in [0.05, 0.1) is 0 Å². The number of ether oxygens (including phenoxy) is 1. The number of hydrogen-bond donors (Lipinski definition) is 1. The summed E-state index contributed by atoms with van der Waals surface area (Å²) in [5.74, 6) is -1.30. The standard InChI is InChI=1S/C28H24N2O4S/c1-18(2)23(24(31)32)30-25(33)28(26(30)35-27(29-28)34-21-16-10-5-11-17-21)22(19-12-6-3-7-13-19)20-14-8-4-9-15-20/h3-17,22-23,26H,1H2,2H3,(H,31,32). The van der Waals surface area contributed by atoms with Gasteiger partial charge < -0.3 is 14.7 Å². The van der Waals surface area contributed by atoms with Crippen molar-refractivity contribution in [3.63, 3.8) is 0 Å². The molecule has 7 heteroatoms. The van der Waals surface area contributed by atoms with Crippen LogP contribution in [0.1, 0.15) is 24.0 Å². The number of aliphatic imine (C=N–C) groups is 1. The molecular weight excluding hydrogens is 460 g/mol. The highest BCUT2D eigenvalue weighted by Crippen LogP contribution is 2.57. The third-order valence-electron chi connectivity index (χ3n) is 6.33. The number of carboxylic acids is 1. The van der Waals surface area contributed by atoms with Gasteiger partial charge in [-0.05, 0) is 47.5 Å². The minimum Gasteiger partial charge on any atom is -0.479 e. The van der Waals surface area contributed by atoms with E-state index in [0.29, 0.717) is 16.6 Å². The second-order valence-corrected chi connectivity index (χ2v) is 9.67. The van der Waals surface area contributed by atoms with Crippen molar-refractivity contribution in [3.8, 4) is 5.75 Å². The van der Waals surface area contributed by atoms with Crippen molar-refractivity contribution in [1.82, 2.24) is 4.90 Å². The third-order valence-corrected chi connectivity index (χ3v) is 7.51. The van der Waals surface area contributed by atoms with Crippen molar-refractivity contribution in [3.05, 3.63) is 114 Å². The van der Waals surface area contributed by atoms with Crippen LogP contribution in [0, 0.1) is 0 Å². The van der Waals surface area contributed by atoms with Crippen molar-refractivity contribution < 1.29 is 19.4 Å². The van der Waals surface area contributed by atoms with Crippen LogP contribution in [0.4, 0.5) is 0 Å². The lowest BCUT2D eigenvalue weighted by Crippen LogP contribution is -2.75. The number of rotatable bonds is 7. The molecule has 6 nitrogen and oxygen atoms in total. The Bertz CT molecular complexity index is 1240. The molecule has 2 aliphatic heterocycles. The number of fused-ring (bicyclic) bond motifs is 1. The van der Waals surface area contributed by atoms with Gasteiger partial charge in [-0.2, -0.15) is 0 Å². The molecule has 1 N–H and O–H groups in total. The lowest BCUT2D eigenvalue weighted by atomic mass is 9.69. The van der Waals surface area contributed by atoms with Crippen LogP contribution >= 0.6 is 11.8 Å². The van der Waals surface area contributed by atoms with Crippen LogP contribution in [0.5, 0.6) is 5.75 Å². The Kier molecular flexibility index (Phi) is 5.94. The molecule has 0 bridgehead atoms. The molecule has 1 saturated heterocycles. The maximum atomic E-state index is 14.0. The van der Waals surface area contributed by atoms with E-state index >= 15 is 0 Å². The zero-order valence-corrected chi connectivity index (χ0v) is 19.9. The number of carbonyl (C=O) groups is 2. The Morgan fingerprint density at radius 3 is 2.00 bits per heavy atom. The Morgan fingerprint density at radius 1 is 1.00 bits per heavy atom. The maximum Gasteiger partial charge on any atom is 0.330 e. The zero-order valence-electron chi connectivity index (χ0n) is 19.1. The Labute approximate surface area is 208 Å². The van der Waals surface area contributed by atoms with Crippen LogP contribution in [-0.2, 0) is 9.59 Å². The Hall–Kier alpha value is -3.84. The number of nitrogens with zero attached hydrogens (tertiary/aromatic N) is 2. The lowest BCUT2D eigenvalue weighted by molar-refractivity contribution is -0.164. The molecule has 0 spiro atoms. The molecule has 3 aromatic rings. The first kappa shape index (κ1) is 22.9. The van der Waals surface area contributed by atoms with E-state index in [9.17, 15) is 14.7 Å². The summed E-state index contributed by atoms with van der Waals surface area (Å²) < 4.78 is 6.06. The van der Waals surface area contributed by atoms with Crippen LogP contribution in [0.3, 0.4) is 0 Å². The van der Waals surface area contributed by atoms with E-state index in [1.165, 1.54) is 16.7 Å². The number of hydrogen-bond acceptors (Lipinski definition) is 5. The fourth-order valence-corrected chi connectivity index (χ4v) is 6.21. The first-order valence-corrected chi connectivity index (χ1v) is 12.1. The average Bonchev–Trinajstić information content (AvgIpc) is 3.18. The molecule has 3 aromatic carbocycles. The molecule has 0 aromatic heterocycles. The highest BCUT2D eigenvalue weighted by Gasteiger charge is 2.71. The van der Waals surface area contributed by atoms with Gasteiger partial charge in [-0.3, -0.25) is 4.79 Å². The van der Waals surface area contributed by atoms with Crippen LogP contribution in [-0.4, -0.2) is 44.1 Å². The van der Waals surface area contributed by atoms with Gasteiger partial charge >= 0.3 is 5.97 Å². The number of likely N-dealkylation sites (tertiary alicyclic amines) is 1. The minimum absolute atomic E-state index is 0.333. The molecule has 1 fully saturated rings. The molecule has 1 amide bonds. The van der Waals surface area contributed by atoms with Crippen molar-refractivity contribution in [2.45, 2.75) is 29.8 Å². The quantitative estimate of drug-likeness (QED) is 0.380. The number of thioether (sulfide) groups is 1. The number of para-hydroxylation sites is 1. The number of aliphatic carboxylic acids is 1. The number of carbonyl (C=O) groups excluding carboxylic acids is 1. The van der Waals surface area contributed by atoms with Crippen molar-refractivity contribution in [2.24, 2.45) is 4.99 Å². The molecule has 3 atom stereocenters. The number of β-lactam (4-membered cyclic amide) rings is 1. The number of carboxylic acid groups (broad SMARTS) is 1. The van der Waals surface area contributed by atoms with Crippen molar-refractivity contribution in [2.75, 3.05) is 0 Å². The summed E-state index contributed by atoms with van der Waals surface area (Å²) in [6.45, 7) is 5.47. The first-order valence-electron chi connectivity index (χ1n) is 11.2. The predicted molar refractivity (Wildman–Crippen MR) is 136 cm³/mol. The monoisotopic (exact) mass is 484 g/mol. The summed E-state index contributed by atoms with van der Waals surface area (Å²) in [4.78, 5) is 32.5. The summed E-state index contributed by atoms with van der Waals surface area (Å²) in [6.07, 6.45) is 0. The lowest BCUT2D eigenvalue weighted by Gasteiger charge is -2.55. The molecule has 0 saturated carbocycles. The van der Waals surface area contributed by atoms with Crippen molar-refractivity contribution >= 4 is 28.9 Å². The molecule has 3 unspecified atom stereocenters. The fourth-order valence-electron chi connectivity index (χ4n) is 4.87. The van der Waals surface area contributed by atoms with Gasteiger partial charge in [-0.15, -0.1) is 0 Å². The van der Waals surface area contributed by atoms with Gasteiger partial charge in [0.1, 0.15) is 11.1 Å². The molecule has 0 aliphatic carbocycles. The second kappa shape index (κ2) is 9.07. The SMILES string of the molecule is C=C(C)C(C(=O)O)N1C(=O)C2(C(c3ccccc3)c3ccccc3)N=C(Oc3ccccc3)SC12. The summed E-state index contributed by atoms with van der Waals surface area (Å²) >= 11 is 1.28. The van der Waals surface area contributed by atoms with Gasteiger partial charge in [0, 0.05) is 5.92 Å². The highest BCUT2D eigenvalue weighted by molar-refractivity contribution is 8.14. The summed E-state index contributed by atoms with van der Waals surface area (Å²) in [5.41, 5.74) is 0.975. The largest absolute Gasteiger partial charge is 0.479 e.